The summed E-state index contributed by atoms with van der Waals surface area (Å²) in [6.07, 6.45) is 0.880. The van der Waals surface area contributed by atoms with Gasteiger partial charge in [-0.25, -0.2) is 8.78 Å². The van der Waals surface area contributed by atoms with Crippen molar-refractivity contribution >= 4 is 6.29 Å². The minimum atomic E-state index is -2.66. The summed E-state index contributed by atoms with van der Waals surface area (Å²) in [5, 5.41) is 0. The first-order valence-electron chi connectivity index (χ1n) is 4.37. The molecule has 0 radical (unpaired) electrons. The van der Waals surface area contributed by atoms with Gasteiger partial charge in [-0.2, -0.15) is 0 Å². The first kappa shape index (κ1) is 10.6. The number of alkyl halides is 2. The van der Waals surface area contributed by atoms with Crippen LogP contribution in [-0.2, 0) is 9.53 Å². The molecule has 0 bridgehead atoms. The Hall–Kier alpha value is -0.510. The highest BCUT2D eigenvalue weighted by Crippen LogP contribution is 2.47. The van der Waals surface area contributed by atoms with Crippen LogP contribution in [0.15, 0.2) is 0 Å². The average molecular weight is 192 g/mol. The smallest absolute Gasteiger partial charge is 0.249 e. The van der Waals surface area contributed by atoms with Crippen LogP contribution in [0.2, 0.25) is 0 Å². The summed E-state index contributed by atoms with van der Waals surface area (Å²) in [5.41, 5.74) is -0.834. The number of carbonyl (C=O) groups excluding carboxylic acids is 1. The van der Waals surface area contributed by atoms with Crippen molar-refractivity contribution in [3.8, 4) is 0 Å². The summed E-state index contributed by atoms with van der Waals surface area (Å²) in [6, 6.07) is 0. The lowest BCUT2D eigenvalue weighted by Crippen LogP contribution is -2.23. The summed E-state index contributed by atoms with van der Waals surface area (Å²) < 4.78 is 30.5. The second-order valence-electron chi connectivity index (χ2n) is 3.76. The van der Waals surface area contributed by atoms with Crippen LogP contribution >= 0.6 is 0 Å². The van der Waals surface area contributed by atoms with Gasteiger partial charge in [-0.05, 0) is 12.8 Å². The van der Waals surface area contributed by atoms with Gasteiger partial charge < -0.3 is 9.53 Å². The molecule has 1 aliphatic carbocycles. The van der Waals surface area contributed by atoms with Gasteiger partial charge in [0.25, 0.3) is 0 Å². The summed E-state index contributed by atoms with van der Waals surface area (Å²) in [5.74, 6) is -2.66. The van der Waals surface area contributed by atoms with Crippen molar-refractivity contribution in [3.63, 3.8) is 0 Å². The third kappa shape index (κ3) is 2.46. The molecular formula is C9H14F2O2. The quantitative estimate of drug-likeness (QED) is 0.637. The maximum atomic E-state index is 12.9. The Labute approximate surface area is 76.3 Å². The van der Waals surface area contributed by atoms with Crippen LogP contribution in [0, 0.1) is 5.41 Å². The lowest BCUT2D eigenvalue weighted by Gasteiger charge is -2.21. The van der Waals surface area contributed by atoms with Crippen LogP contribution < -0.4 is 0 Å². The van der Waals surface area contributed by atoms with Gasteiger partial charge in [-0.15, -0.1) is 0 Å². The van der Waals surface area contributed by atoms with Crippen molar-refractivity contribution in [2.24, 2.45) is 5.41 Å². The lowest BCUT2D eigenvalue weighted by molar-refractivity contribution is -0.118. The highest BCUT2D eigenvalue weighted by Gasteiger charge is 2.48. The molecule has 13 heavy (non-hydrogen) atoms. The van der Waals surface area contributed by atoms with Gasteiger partial charge in [-0.3, -0.25) is 0 Å². The zero-order valence-electron chi connectivity index (χ0n) is 7.69. The third-order valence-corrected chi connectivity index (χ3v) is 2.65. The Balaban J connectivity index is 2.57. The largest absolute Gasteiger partial charge is 0.385 e. The summed E-state index contributed by atoms with van der Waals surface area (Å²) in [7, 11) is 1.51. The minimum Gasteiger partial charge on any atom is -0.385 e. The molecule has 0 spiro atoms. The van der Waals surface area contributed by atoms with Gasteiger partial charge in [-0.1, -0.05) is 0 Å². The summed E-state index contributed by atoms with van der Waals surface area (Å²) in [4.78, 5) is 10.7. The van der Waals surface area contributed by atoms with Gasteiger partial charge in [0.2, 0.25) is 5.92 Å². The Kier molecular flexibility index (Phi) is 3.01. The van der Waals surface area contributed by atoms with E-state index in [1.807, 2.05) is 0 Å². The number of halogens is 2. The van der Waals surface area contributed by atoms with Gasteiger partial charge in [0, 0.05) is 32.0 Å². The molecule has 1 rings (SSSR count). The lowest BCUT2D eigenvalue weighted by atomic mass is 9.84. The minimum absolute atomic E-state index is 0.171. The molecule has 0 aromatic rings. The third-order valence-electron chi connectivity index (χ3n) is 2.65. The van der Waals surface area contributed by atoms with Gasteiger partial charge in [0.1, 0.15) is 6.29 Å². The molecule has 0 saturated heterocycles. The van der Waals surface area contributed by atoms with Crippen molar-refractivity contribution in [1.29, 1.82) is 0 Å². The van der Waals surface area contributed by atoms with Crippen molar-refractivity contribution in [2.45, 2.75) is 31.6 Å². The van der Waals surface area contributed by atoms with Crippen LogP contribution in [0.3, 0.4) is 0 Å². The Morgan fingerprint density at radius 2 is 2.15 bits per heavy atom. The monoisotopic (exact) mass is 192 g/mol. The highest BCUT2D eigenvalue weighted by molar-refractivity contribution is 5.60. The maximum absolute atomic E-state index is 12.9. The standard InChI is InChI=1S/C9H14F2O2/c1-13-5-4-8(7-12)2-3-9(10,11)6-8/h7H,2-6H2,1H3. The number of hydrogen-bond donors (Lipinski definition) is 0. The first-order chi connectivity index (χ1) is 6.04. The molecule has 1 aliphatic rings. The van der Waals surface area contributed by atoms with Gasteiger partial charge >= 0.3 is 0 Å². The highest BCUT2D eigenvalue weighted by atomic mass is 19.3. The number of aldehydes is 1. The van der Waals surface area contributed by atoms with Crippen LogP contribution in [0.25, 0.3) is 0 Å². The number of ether oxygens (including phenoxy) is 1. The fraction of sp³-hybridized carbons (Fsp3) is 0.889. The van der Waals surface area contributed by atoms with Crippen LogP contribution in [-0.4, -0.2) is 25.9 Å². The van der Waals surface area contributed by atoms with E-state index >= 15 is 0 Å². The molecule has 0 aliphatic heterocycles. The van der Waals surface area contributed by atoms with Crippen molar-refractivity contribution in [1.82, 2.24) is 0 Å². The number of rotatable bonds is 4. The molecule has 1 unspecified atom stereocenters. The molecule has 4 heteroatoms. The average Bonchev–Trinajstić information content (AvgIpc) is 2.40. The molecule has 0 heterocycles. The SMILES string of the molecule is COCCC1(C=O)CCC(F)(F)C1. The zero-order valence-corrected chi connectivity index (χ0v) is 7.69. The molecule has 1 atom stereocenters. The van der Waals surface area contributed by atoms with E-state index in [4.69, 9.17) is 4.74 Å². The second kappa shape index (κ2) is 3.70. The van der Waals surface area contributed by atoms with Crippen molar-refractivity contribution < 1.29 is 18.3 Å². The van der Waals surface area contributed by atoms with Crippen molar-refractivity contribution in [3.05, 3.63) is 0 Å². The summed E-state index contributed by atoms with van der Waals surface area (Å²) in [6.45, 7) is 0.370. The van der Waals surface area contributed by atoms with Crippen molar-refractivity contribution in [2.75, 3.05) is 13.7 Å². The van der Waals surface area contributed by atoms with Gasteiger partial charge in [0.05, 0.1) is 0 Å². The molecule has 0 N–H and O–H groups in total. The fourth-order valence-corrected chi connectivity index (χ4v) is 1.80. The van der Waals surface area contributed by atoms with Crippen LogP contribution in [0.4, 0.5) is 8.78 Å². The van der Waals surface area contributed by atoms with E-state index in [0.717, 1.165) is 0 Å². The molecule has 1 saturated carbocycles. The summed E-state index contributed by atoms with van der Waals surface area (Å²) >= 11 is 0. The van der Waals surface area contributed by atoms with E-state index in [-0.39, 0.29) is 19.3 Å². The van der Waals surface area contributed by atoms with E-state index in [2.05, 4.69) is 0 Å². The molecule has 0 aromatic carbocycles. The predicted molar refractivity (Wildman–Crippen MR) is 43.8 cm³/mol. The van der Waals surface area contributed by atoms with E-state index in [9.17, 15) is 13.6 Å². The van der Waals surface area contributed by atoms with E-state index in [1.165, 1.54) is 7.11 Å². The van der Waals surface area contributed by atoms with Crippen LogP contribution in [0.5, 0.6) is 0 Å². The maximum Gasteiger partial charge on any atom is 0.249 e. The van der Waals surface area contributed by atoms with E-state index in [0.29, 0.717) is 19.3 Å². The zero-order chi connectivity index (χ0) is 9.95. The normalized spacial score (nSPS) is 31.9. The molecule has 76 valence electrons. The van der Waals surface area contributed by atoms with E-state index in [1.54, 1.807) is 0 Å². The molecule has 2 nitrogen and oxygen atoms in total. The fourth-order valence-electron chi connectivity index (χ4n) is 1.80. The van der Waals surface area contributed by atoms with Gasteiger partial charge in [0.15, 0.2) is 0 Å². The topological polar surface area (TPSA) is 26.3 Å². The Morgan fingerprint density at radius 3 is 2.54 bits per heavy atom. The first-order valence-corrected chi connectivity index (χ1v) is 4.37. The predicted octanol–water partition coefficient (Wildman–Crippen LogP) is 2.03. The molecule has 0 aromatic heterocycles. The molecular weight excluding hydrogens is 178 g/mol. The number of hydrogen-bond acceptors (Lipinski definition) is 2. The van der Waals surface area contributed by atoms with E-state index < -0.39 is 11.3 Å². The number of methoxy groups -OCH3 is 1. The number of carbonyl (C=O) groups is 1. The molecule has 1 fully saturated rings. The Bertz CT molecular complexity index is 194. The Morgan fingerprint density at radius 1 is 1.46 bits per heavy atom. The van der Waals surface area contributed by atoms with Crippen LogP contribution in [0.1, 0.15) is 25.7 Å². The molecule has 0 amide bonds. The second-order valence-corrected chi connectivity index (χ2v) is 3.76.